The molecule has 2 rings (SSSR count). The number of rotatable bonds is 8. The number of nitrogens with zero attached hydrogens (tertiary/aromatic N) is 3. The van der Waals surface area contributed by atoms with E-state index < -0.39 is 0 Å². The third-order valence-electron chi connectivity index (χ3n) is 3.83. The molecule has 0 bridgehead atoms. The summed E-state index contributed by atoms with van der Waals surface area (Å²) >= 11 is 0. The van der Waals surface area contributed by atoms with Crippen molar-refractivity contribution in [3.63, 3.8) is 0 Å². The number of hydrogen-bond acceptors (Lipinski definition) is 3. The molecule has 0 aliphatic carbocycles. The number of ether oxygens (including phenoxy) is 1. The number of hydrogen-bond donors (Lipinski definition) is 0. The highest BCUT2D eigenvalue weighted by Gasteiger charge is 2.15. The zero-order chi connectivity index (χ0) is 16.7. The van der Waals surface area contributed by atoms with Crippen molar-refractivity contribution in [2.24, 2.45) is 0 Å². The first-order valence-electron chi connectivity index (χ1n) is 7.96. The molecule has 1 heterocycles. The molecule has 5 nitrogen and oxygen atoms in total. The maximum Gasteiger partial charge on any atom is 0.222 e. The monoisotopic (exact) mass is 315 g/mol. The van der Waals surface area contributed by atoms with Gasteiger partial charge >= 0.3 is 0 Å². The van der Waals surface area contributed by atoms with Gasteiger partial charge in [-0.2, -0.15) is 0 Å². The highest BCUT2D eigenvalue weighted by Crippen LogP contribution is 2.10. The quantitative estimate of drug-likeness (QED) is 0.752. The van der Waals surface area contributed by atoms with E-state index in [0.29, 0.717) is 26.1 Å². The van der Waals surface area contributed by atoms with Crippen molar-refractivity contribution in [1.29, 1.82) is 0 Å². The van der Waals surface area contributed by atoms with Gasteiger partial charge in [-0.05, 0) is 12.5 Å². The Morgan fingerprint density at radius 2 is 2.04 bits per heavy atom. The number of aryl methyl sites for hydroxylation is 1. The van der Waals surface area contributed by atoms with Crippen LogP contribution in [0.2, 0.25) is 0 Å². The Balaban J connectivity index is 2.09. The number of carbonyl (C=O) groups excluding carboxylic acids is 1. The summed E-state index contributed by atoms with van der Waals surface area (Å²) in [6.07, 6.45) is 4.23. The summed E-state index contributed by atoms with van der Waals surface area (Å²) in [6.45, 7) is 6.34. The van der Waals surface area contributed by atoms with E-state index in [1.807, 2.05) is 13.1 Å². The van der Waals surface area contributed by atoms with Crippen LogP contribution in [0.4, 0.5) is 0 Å². The lowest BCUT2D eigenvalue weighted by Crippen LogP contribution is -2.34. The average molecular weight is 315 g/mol. The molecule has 0 aliphatic rings. The Kier molecular flexibility index (Phi) is 6.35. The fourth-order valence-corrected chi connectivity index (χ4v) is 2.41. The van der Waals surface area contributed by atoms with Gasteiger partial charge in [0.1, 0.15) is 5.82 Å². The maximum atomic E-state index is 12.1. The van der Waals surface area contributed by atoms with Crippen molar-refractivity contribution in [3.05, 3.63) is 53.6 Å². The smallest absolute Gasteiger partial charge is 0.222 e. The van der Waals surface area contributed by atoms with Crippen molar-refractivity contribution in [2.75, 3.05) is 20.3 Å². The number of amides is 1. The fraction of sp³-hybridized carbons (Fsp3) is 0.444. The summed E-state index contributed by atoms with van der Waals surface area (Å²) in [5, 5.41) is 0. The van der Waals surface area contributed by atoms with Gasteiger partial charge in [0.2, 0.25) is 5.91 Å². The molecule has 0 spiro atoms. The zero-order valence-corrected chi connectivity index (χ0v) is 14.2. The van der Waals surface area contributed by atoms with Crippen LogP contribution in [0.1, 0.15) is 30.3 Å². The summed E-state index contributed by atoms with van der Waals surface area (Å²) < 4.78 is 7.19. The van der Waals surface area contributed by atoms with Gasteiger partial charge in [0.15, 0.2) is 0 Å². The van der Waals surface area contributed by atoms with E-state index in [2.05, 4.69) is 40.7 Å². The molecule has 0 saturated carbocycles. The third-order valence-corrected chi connectivity index (χ3v) is 3.83. The van der Waals surface area contributed by atoms with Crippen molar-refractivity contribution >= 4 is 5.91 Å². The molecule has 0 saturated heterocycles. The molecule has 0 N–H and O–H groups in total. The summed E-state index contributed by atoms with van der Waals surface area (Å²) in [5.74, 6) is 1.01. The topological polar surface area (TPSA) is 47.4 Å². The van der Waals surface area contributed by atoms with E-state index in [4.69, 9.17) is 4.74 Å². The number of aromatic nitrogens is 2. The molecular weight excluding hydrogens is 290 g/mol. The van der Waals surface area contributed by atoms with Gasteiger partial charge in [-0.1, -0.05) is 36.8 Å². The summed E-state index contributed by atoms with van der Waals surface area (Å²) in [7, 11) is 1.65. The molecule has 0 radical (unpaired) electrons. The minimum absolute atomic E-state index is 0.118. The van der Waals surface area contributed by atoms with E-state index >= 15 is 0 Å². The largest absolute Gasteiger partial charge is 0.383 e. The maximum absolute atomic E-state index is 12.1. The summed E-state index contributed by atoms with van der Waals surface area (Å²) in [4.78, 5) is 18.3. The molecule has 23 heavy (non-hydrogen) atoms. The second-order valence-corrected chi connectivity index (χ2v) is 5.62. The number of imidazole rings is 1. The van der Waals surface area contributed by atoms with E-state index in [1.165, 1.54) is 11.1 Å². The molecule has 1 aromatic heterocycles. The highest BCUT2D eigenvalue weighted by molar-refractivity contribution is 5.75. The van der Waals surface area contributed by atoms with Crippen molar-refractivity contribution in [3.8, 4) is 0 Å². The number of methoxy groups -OCH3 is 1. The minimum atomic E-state index is 0.118. The number of carbonyl (C=O) groups is 1. The van der Waals surface area contributed by atoms with Crippen molar-refractivity contribution in [1.82, 2.24) is 14.5 Å². The molecule has 1 aromatic carbocycles. The molecule has 2 aromatic rings. The van der Waals surface area contributed by atoms with Gasteiger partial charge in [-0.3, -0.25) is 4.79 Å². The molecule has 5 heteroatoms. The van der Waals surface area contributed by atoms with E-state index in [9.17, 15) is 4.79 Å². The van der Waals surface area contributed by atoms with Crippen LogP contribution in [0.15, 0.2) is 36.7 Å². The molecular formula is C18H25N3O2. The lowest BCUT2D eigenvalue weighted by molar-refractivity contribution is -0.132. The van der Waals surface area contributed by atoms with E-state index in [0.717, 1.165) is 12.4 Å². The van der Waals surface area contributed by atoms with E-state index in [1.54, 1.807) is 18.2 Å². The molecule has 1 amide bonds. The highest BCUT2D eigenvalue weighted by atomic mass is 16.5. The van der Waals surface area contributed by atoms with Crippen molar-refractivity contribution < 1.29 is 9.53 Å². The van der Waals surface area contributed by atoms with Crippen LogP contribution in [-0.4, -0.2) is 40.6 Å². The van der Waals surface area contributed by atoms with Gasteiger partial charge in [-0.15, -0.1) is 0 Å². The Morgan fingerprint density at radius 3 is 2.70 bits per heavy atom. The molecule has 0 fully saturated rings. The Morgan fingerprint density at radius 1 is 1.30 bits per heavy atom. The van der Waals surface area contributed by atoms with E-state index in [-0.39, 0.29) is 5.91 Å². The minimum Gasteiger partial charge on any atom is -0.383 e. The normalized spacial score (nSPS) is 10.7. The summed E-state index contributed by atoms with van der Waals surface area (Å²) in [6, 6.07) is 8.47. The molecule has 124 valence electrons. The van der Waals surface area contributed by atoms with Gasteiger partial charge in [0, 0.05) is 39.0 Å². The average Bonchev–Trinajstić information content (AvgIpc) is 2.99. The van der Waals surface area contributed by atoms with Crippen LogP contribution < -0.4 is 0 Å². The molecule has 0 aliphatic heterocycles. The second-order valence-electron chi connectivity index (χ2n) is 5.62. The lowest BCUT2D eigenvalue weighted by Gasteiger charge is -2.22. The first-order chi connectivity index (χ1) is 11.1. The van der Waals surface area contributed by atoms with Crippen LogP contribution in [0, 0.1) is 6.92 Å². The lowest BCUT2D eigenvalue weighted by atomic mass is 10.1. The molecule has 0 atom stereocenters. The van der Waals surface area contributed by atoms with Crippen LogP contribution >= 0.6 is 0 Å². The first kappa shape index (κ1) is 17.2. The standard InChI is InChI=1S/C18H25N3O2/c1-4-18(22)21(11-12-23-3)14-17-19-9-10-20(17)13-16-7-5-15(2)6-8-16/h5-10H,4,11-14H2,1-3H3. The zero-order valence-electron chi connectivity index (χ0n) is 14.2. The Hall–Kier alpha value is -2.14. The fourth-order valence-electron chi connectivity index (χ4n) is 2.41. The van der Waals surface area contributed by atoms with Crippen molar-refractivity contribution in [2.45, 2.75) is 33.4 Å². The number of benzene rings is 1. The van der Waals surface area contributed by atoms with Crippen LogP contribution in [0.5, 0.6) is 0 Å². The third kappa shape index (κ3) is 4.93. The van der Waals surface area contributed by atoms with Crippen LogP contribution in [0.25, 0.3) is 0 Å². The van der Waals surface area contributed by atoms with Crippen LogP contribution in [0.3, 0.4) is 0 Å². The van der Waals surface area contributed by atoms with Gasteiger partial charge in [-0.25, -0.2) is 4.98 Å². The van der Waals surface area contributed by atoms with Gasteiger partial charge in [0.25, 0.3) is 0 Å². The first-order valence-corrected chi connectivity index (χ1v) is 7.96. The Labute approximate surface area is 137 Å². The second kappa shape index (κ2) is 8.48. The molecule has 0 unspecified atom stereocenters. The van der Waals surface area contributed by atoms with Crippen LogP contribution in [-0.2, 0) is 22.6 Å². The summed E-state index contributed by atoms with van der Waals surface area (Å²) in [5.41, 5.74) is 2.47. The SMILES string of the molecule is CCC(=O)N(CCOC)Cc1nccn1Cc1ccc(C)cc1. The van der Waals surface area contributed by atoms with Gasteiger partial charge in [0.05, 0.1) is 13.2 Å². The van der Waals surface area contributed by atoms with Gasteiger partial charge < -0.3 is 14.2 Å². The Bertz CT molecular complexity index is 619. The predicted molar refractivity (Wildman–Crippen MR) is 90.1 cm³/mol. The predicted octanol–water partition coefficient (Wildman–Crippen LogP) is 2.62.